The predicted octanol–water partition coefficient (Wildman–Crippen LogP) is 4.10. The summed E-state index contributed by atoms with van der Waals surface area (Å²) in [6, 6.07) is 1.76. The van der Waals surface area contributed by atoms with Crippen molar-refractivity contribution in [3.05, 3.63) is 44.5 Å². The van der Waals surface area contributed by atoms with Gasteiger partial charge in [-0.15, -0.1) is 0 Å². The molecule has 0 fully saturated rings. The van der Waals surface area contributed by atoms with E-state index in [1.54, 1.807) is 12.3 Å². The fourth-order valence-electron chi connectivity index (χ4n) is 0.948. The number of azide groups is 1. The third kappa shape index (κ3) is 3.80. The van der Waals surface area contributed by atoms with Gasteiger partial charge in [0.2, 0.25) is 0 Å². The third-order valence-corrected chi connectivity index (χ3v) is 2.41. The van der Waals surface area contributed by atoms with Crippen molar-refractivity contribution in [2.24, 2.45) is 5.11 Å². The Bertz CT molecular complexity index is 411. The van der Waals surface area contributed by atoms with Crippen molar-refractivity contribution < 1.29 is 0 Å². The number of halogens is 2. The number of rotatable bonds is 4. The van der Waals surface area contributed by atoms with E-state index in [1.807, 2.05) is 12.2 Å². The minimum atomic E-state index is 0.286. The van der Waals surface area contributed by atoms with Crippen molar-refractivity contribution >= 4 is 29.3 Å². The van der Waals surface area contributed by atoms with Gasteiger partial charge in [-0.05, 0) is 23.6 Å². The van der Waals surface area contributed by atoms with Gasteiger partial charge in [-0.1, -0.05) is 40.5 Å². The molecule has 6 heteroatoms. The summed E-state index contributed by atoms with van der Waals surface area (Å²) in [5, 5.41) is 4.12. The van der Waals surface area contributed by atoms with E-state index in [2.05, 4.69) is 15.0 Å². The molecule has 1 rings (SSSR count). The van der Waals surface area contributed by atoms with Crippen LogP contribution >= 0.6 is 23.2 Å². The average Bonchev–Trinajstić information content (AvgIpc) is 2.24. The molecule has 0 spiro atoms. The maximum Gasteiger partial charge on any atom is 0.148 e. The zero-order chi connectivity index (χ0) is 11.1. The number of aromatic nitrogens is 1. The fourth-order valence-corrected chi connectivity index (χ4v) is 1.29. The second kappa shape index (κ2) is 6.30. The maximum atomic E-state index is 8.05. The van der Waals surface area contributed by atoms with E-state index < -0.39 is 0 Å². The minimum Gasteiger partial charge on any atom is -0.243 e. The van der Waals surface area contributed by atoms with Crippen molar-refractivity contribution in [2.75, 3.05) is 6.54 Å². The van der Waals surface area contributed by atoms with Gasteiger partial charge in [0.25, 0.3) is 0 Å². The Hall–Kier alpha value is -1.22. The van der Waals surface area contributed by atoms with Gasteiger partial charge >= 0.3 is 0 Å². The van der Waals surface area contributed by atoms with E-state index in [1.165, 1.54) is 0 Å². The summed E-state index contributed by atoms with van der Waals surface area (Å²) in [4.78, 5) is 6.48. The molecule has 1 aromatic rings. The lowest BCUT2D eigenvalue weighted by Gasteiger charge is -1.98. The van der Waals surface area contributed by atoms with Crippen LogP contribution in [0.5, 0.6) is 0 Å². The van der Waals surface area contributed by atoms with Crippen LogP contribution in [0.25, 0.3) is 16.5 Å². The number of hydrogen-bond donors (Lipinski definition) is 0. The fraction of sp³-hybridized carbons (Fsp3) is 0.222. The van der Waals surface area contributed by atoms with Gasteiger partial charge in [0.15, 0.2) is 0 Å². The Labute approximate surface area is 97.2 Å². The quantitative estimate of drug-likeness (QED) is 0.258. The summed E-state index contributed by atoms with van der Waals surface area (Å²) in [6.45, 7) is 0.434. The van der Waals surface area contributed by atoms with Crippen molar-refractivity contribution in [1.29, 1.82) is 0 Å². The zero-order valence-corrected chi connectivity index (χ0v) is 9.28. The molecule has 0 unspecified atom stereocenters. The molecule has 0 bridgehead atoms. The highest BCUT2D eigenvalue weighted by Crippen LogP contribution is 2.24. The molecule has 1 heterocycles. The predicted molar refractivity (Wildman–Crippen MR) is 61.9 cm³/mol. The van der Waals surface area contributed by atoms with E-state index in [-0.39, 0.29) is 5.15 Å². The molecule has 0 N–H and O–H groups in total. The number of pyridine rings is 1. The van der Waals surface area contributed by atoms with Gasteiger partial charge in [-0.3, -0.25) is 0 Å². The molecule has 0 aliphatic rings. The van der Waals surface area contributed by atoms with Crippen LogP contribution in [0.3, 0.4) is 0 Å². The Morgan fingerprint density at radius 1 is 1.53 bits per heavy atom. The summed E-state index contributed by atoms with van der Waals surface area (Å²) in [6.07, 6.45) is 5.94. The van der Waals surface area contributed by atoms with Crippen molar-refractivity contribution in [2.45, 2.75) is 6.42 Å². The van der Waals surface area contributed by atoms with Crippen molar-refractivity contribution in [1.82, 2.24) is 4.98 Å². The first kappa shape index (κ1) is 11.9. The molecule has 0 saturated heterocycles. The normalized spacial score (nSPS) is 10.3. The number of nitrogens with zero attached hydrogens (tertiary/aromatic N) is 4. The largest absolute Gasteiger partial charge is 0.243 e. The molecule has 1 aromatic heterocycles. The molecule has 0 aliphatic carbocycles. The maximum absolute atomic E-state index is 8.05. The van der Waals surface area contributed by atoms with E-state index in [0.717, 1.165) is 5.56 Å². The van der Waals surface area contributed by atoms with Crippen LogP contribution < -0.4 is 0 Å². The van der Waals surface area contributed by atoms with E-state index in [4.69, 9.17) is 28.7 Å². The molecule has 15 heavy (non-hydrogen) atoms. The van der Waals surface area contributed by atoms with Crippen LogP contribution in [-0.4, -0.2) is 11.5 Å². The summed E-state index contributed by atoms with van der Waals surface area (Å²) in [5.41, 5.74) is 8.85. The highest BCUT2D eigenvalue weighted by molar-refractivity contribution is 6.42. The van der Waals surface area contributed by atoms with Crippen LogP contribution in [0, 0.1) is 0 Å². The van der Waals surface area contributed by atoms with Crippen molar-refractivity contribution in [3.63, 3.8) is 0 Å². The van der Waals surface area contributed by atoms with Crippen LogP contribution in [0.2, 0.25) is 10.2 Å². The summed E-state index contributed by atoms with van der Waals surface area (Å²) in [7, 11) is 0. The van der Waals surface area contributed by atoms with Gasteiger partial charge in [0, 0.05) is 17.7 Å². The molecule has 0 saturated carbocycles. The standard InChI is InChI=1S/C9H8Cl2N4/c10-8-7(4-6-13-9(8)11)3-1-2-5-14-15-12/h1,3-4,6H,2,5H2. The molecule has 4 nitrogen and oxygen atoms in total. The Kier molecular flexibility index (Phi) is 4.98. The van der Waals surface area contributed by atoms with Gasteiger partial charge < -0.3 is 0 Å². The van der Waals surface area contributed by atoms with Crippen LogP contribution in [0.4, 0.5) is 0 Å². The Morgan fingerprint density at radius 3 is 3.07 bits per heavy atom. The van der Waals surface area contributed by atoms with E-state index >= 15 is 0 Å². The summed E-state index contributed by atoms with van der Waals surface area (Å²) < 4.78 is 0. The van der Waals surface area contributed by atoms with Crippen molar-refractivity contribution in [3.8, 4) is 0 Å². The van der Waals surface area contributed by atoms with Gasteiger partial charge in [-0.2, -0.15) is 0 Å². The van der Waals surface area contributed by atoms with Gasteiger partial charge in [0.05, 0.1) is 5.02 Å². The second-order valence-electron chi connectivity index (χ2n) is 2.65. The van der Waals surface area contributed by atoms with Crippen LogP contribution in [0.1, 0.15) is 12.0 Å². The average molecular weight is 243 g/mol. The first-order chi connectivity index (χ1) is 7.25. The van der Waals surface area contributed by atoms with E-state index in [9.17, 15) is 0 Å². The summed E-state index contributed by atoms with van der Waals surface area (Å²) >= 11 is 11.6. The molecule has 0 radical (unpaired) electrons. The Balaban J connectivity index is 2.64. The smallest absolute Gasteiger partial charge is 0.148 e. The SMILES string of the molecule is [N-]=[N+]=NCCC=Cc1ccnc(Cl)c1Cl. The molecular weight excluding hydrogens is 235 g/mol. The first-order valence-electron chi connectivity index (χ1n) is 4.23. The molecular formula is C9H8Cl2N4. The summed E-state index contributed by atoms with van der Waals surface area (Å²) in [5.74, 6) is 0. The second-order valence-corrected chi connectivity index (χ2v) is 3.39. The lowest BCUT2D eigenvalue weighted by Crippen LogP contribution is -1.81. The van der Waals surface area contributed by atoms with Crippen LogP contribution in [-0.2, 0) is 0 Å². The zero-order valence-electron chi connectivity index (χ0n) is 7.77. The molecule has 0 aliphatic heterocycles. The molecule has 0 amide bonds. The third-order valence-electron chi connectivity index (χ3n) is 1.63. The van der Waals surface area contributed by atoms with E-state index in [0.29, 0.717) is 18.0 Å². The molecule has 78 valence electrons. The highest BCUT2D eigenvalue weighted by Gasteiger charge is 2.01. The lowest BCUT2D eigenvalue weighted by atomic mass is 10.2. The van der Waals surface area contributed by atoms with Gasteiger partial charge in [-0.25, -0.2) is 4.98 Å². The number of hydrogen-bond acceptors (Lipinski definition) is 2. The lowest BCUT2D eigenvalue weighted by molar-refractivity contribution is 0.995. The highest BCUT2D eigenvalue weighted by atomic mass is 35.5. The first-order valence-corrected chi connectivity index (χ1v) is 4.98. The minimum absolute atomic E-state index is 0.286. The Morgan fingerprint density at radius 2 is 2.33 bits per heavy atom. The molecule has 0 atom stereocenters. The molecule has 0 aromatic carbocycles. The van der Waals surface area contributed by atoms with Crippen LogP contribution in [0.15, 0.2) is 23.5 Å². The van der Waals surface area contributed by atoms with Gasteiger partial charge in [0.1, 0.15) is 5.15 Å². The topological polar surface area (TPSA) is 61.7 Å². The monoisotopic (exact) mass is 242 g/mol.